The van der Waals surface area contributed by atoms with E-state index in [0.29, 0.717) is 23.7 Å². The lowest BCUT2D eigenvalue weighted by atomic mass is 9.86. The van der Waals surface area contributed by atoms with E-state index in [4.69, 9.17) is 9.47 Å². The first-order valence-corrected chi connectivity index (χ1v) is 8.62. The van der Waals surface area contributed by atoms with E-state index >= 15 is 0 Å². The molecule has 2 aromatic rings. The van der Waals surface area contributed by atoms with E-state index in [0.717, 1.165) is 16.9 Å². The number of carbonyl (C=O) groups excluding carboxylic acids is 1. The molecule has 3 rings (SSSR count). The molecule has 3 heteroatoms. The van der Waals surface area contributed by atoms with Crippen molar-refractivity contribution in [1.29, 1.82) is 0 Å². The van der Waals surface area contributed by atoms with Crippen LogP contribution in [0.4, 0.5) is 0 Å². The van der Waals surface area contributed by atoms with Gasteiger partial charge in [0.15, 0.2) is 5.76 Å². The van der Waals surface area contributed by atoms with Crippen LogP contribution in [0.25, 0.3) is 6.08 Å². The first-order valence-electron chi connectivity index (χ1n) is 8.62. The fourth-order valence-corrected chi connectivity index (χ4v) is 2.91. The average molecular weight is 336 g/mol. The molecule has 0 aliphatic carbocycles. The van der Waals surface area contributed by atoms with Crippen molar-refractivity contribution in [2.45, 2.75) is 40.0 Å². The summed E-state index contributed by atoms with van der Waals surface area (Å²) in [5.41, 5.74) is 3.77. The molecule has 2 aromatic carbocycles. The standard InChI is InChI=1S/C22H24O3/c1-6-24-18-12-11-17-20(23)19(25-21(17)14(18)2)13-15-7-9-16(10-8-15)22(3,4)5/h7-13H,6H2,1-5H3/b19-13-. The summed E-state index contributed by atoms with van der Waals surface area (Å²) in [5, 5.41) is 0. The molecule has 0 fully saturated rings. The van der Waals surface area contributed by atoms with Crippen LogP contribution in [0, 0.1) is 6.92 Å². The van der Waals surface area contributed by atoms with Crippen molar-refractivity contribution in [3.8, 4) is 11.5 Å². The molecule has 1 aliphatic rings. The molecule has 0 spiro atoms. The summed E-state index contributed by atoms with van der Waals surface area (Å²) < 4.78 is 11.5. The first kappa shape index (κ1) is 17.3. The summed E-state index contributed by atoms with van der Waals surface area (Å²) >= 11 is 0. The Morgan fingerprint density at radius 1 is 1.08 bits per heavy atom. The normalized spacial score (nSPS) is 15.2. The number of allylic oxidation sites excluding steroid dienone is 1. The molecule has 0 radical (unpaired) electrons. The molecule has 0 aromatic heterocycles. The number of carbonyl (C=O) groups is 1. The van der Waals surface area contributed by atoms with Gasteiger partial charge in [0.25, 0.3) is 0 Å². The second-order valence-electron chi connectivity index (χ2n) is 7.31. The number of hydrogen-bond donors (Lipinski definition) is 0. The monoisotopic (exact) mass is 336 g/mol. The zero-order chi connectivity index (χ0) is 18.2. The van der Waals surface area contributed by atoms with Crippen LogP contribution in [0.15, 0.2) is 42.2 Å². The van der Waals surface area contributed by atoms with Crippen molar-refractivity contribution in [3.63, 3.8) is 0 Å². The van der Waals surface area contributed by atoms with E-state index in [9.17, 15) is 4.79 Å². The zero-order valence-electron chi connectivity index (χ0n) is 15.5. The predicted octanol–water partition coefficient (Wildman–Crippen LogP) is 5.31. The van der Waals surface area contributed by atoms with E-state index < -0.39 is 0 Å². The smallest absolute Gasteiger partial charge is 0.231 e. The van der Waals surface area contributed by atoms with Crippen molar-refractivity contribution in [1.82, 2.24) is 0 Å². The van der Waals surface area contributed by atoms with Crippen LogP contribution in [0.3, 0.4) is 0 Å². The maximum absolute atomic E-state index is 12.6. The van der Waals surface area contributed by atoms with Crippen LogP contribution in [0.5, 0.6) is 11.5 Å². The summed E-state index contributed by atoms with van der Waals surface area (Å²) in [7, 11) is 0. The van der Waals surface area contributed by atoms with Gasteiger partial charge < -0.3 is 9.47 Å². The average Bonchev–Trinajstić information content (AvgIpc) is 2.87. The highest BCUT2D eigenvalue weighted by Crippen LogP contribution is 2.39. The second-order valence-corrected chi connectivity index (χ2v) is 7.31. The van der Waals surface area contributed by atoms with Gasteiger partial charge in [-0.3, -0.25) is 4.79 Å². The molecule has 0 saturated carbocycles. The number of hydrogen-bond acceptors (Lipinski definition) is 3. The summed E-state index contributed by atoms with van der Waals surface area (Å²) in [5.74, 6) is 1.63. The van der Waals surface area contributed by atoms with E-state index in [-0.39, 0.29) is 11.2 Å². The minimum absolute atomic E-state index is 0.0824. The van der Waals surface area contributed by atoms with Crippen LogP contribution in [-0.2, 0) is 5.41 Å². The third-order valence-electron chi connectivity index (χ3n) is 4.41. The summed E-state index contributed by atoms with van der Waals surface area (Å²) in [6, 6.07) is 11.8. The molecule has 1 heterocycles. The molecule has 0 unspecified atom stereocenters. The number of ketones is 1. The fourth-order valence-electron chi connectivity index (χ4n) is 2.91. The van der Waals surface area contributed by atoms with Gasteiger partial charge in [-0.2, -0.15) is 0 Å². The number of ether oxygens (including phenoxy) is 2. The summed E-state index contributed by atoms with van der Waals surface area (Å²) in [4.78, 5) is 12.6. The lowest BCUT2D eigenvalue weighted by molar-refractivity contribution is 0.101. The molecule has 0 saturated heterocycles. The Morgan fingerprint density at radius 3 is 2.36 bits per heavy atom. The Balaban J connectivity index is 1.91. The van der Waals surface area contributed by atoms with Crippen molar-refractivity contribution < 1.29 is 14.3 Å². The van der Waals surface area contributed by atoms with Crippen molar-refractivity contribution in [2.24, 2.45) is 0 Å². The van der Waals surface area contributed by atoms with E-state index in [1.807, 2.05) is 32.0 Å². The Kier molecular flexibility index (Phi) is 4.42. The van der Waals surface area contributed by atoms with Crippen LogP contribution in [0.2, 0.25) is 0 Å². The molecular weight excluding hydrogens is 312 g/mol. The van der Waals surface area contributed by atoms with Crippen LogP contribution in [-0.4, -0.2) is 12.4 Å². The van der Waals surface area contributed by atoms with Gasteiger partial charge in [-0.15, -0.1) is 0 Å². The van der Waals surface area contributed by atoms with Gasteiger partial charge in [0, 0.05) is 5.56 Å². The molecule has 0 amide bonds. The van der Waals surface area contributed by atoms with E-state index in [2.05, 4.69) is 32.9 Å². The highest BCUT2D eigenvalue weighted by molar-refractivity contribution is 6.14. The Bertz CT molecular complexity index is 837. The molecule has 130 valence electrons. The van der Waals surface area contributed by atoms with Gasteiger partial charge >= 0.3 is 0 Å². The molecule has 25 heavy (non-hydrogen) atoms. The van der Waals surface area contributed by atoms with Gasteiger partial charge in [-0.1, -0.05) is 45.0 Å². The van der Waals surface area contributed by atoms with Crippen LogP contribution in [0.1, 0.15) is 54.7 Å². The Morgan fingerprint density at radius 2 is 1.76 bits per heavy atom. The number of Topliss-reactive ketones (excluding diaryl/α,β-unsaturated/α-hetero) is 1. The van der Waals surface area contributed by atoms with Gasteiger partial charge in [-0.25, -0.2) is 0 Å². The maximum Gasteiger partial charge on any atom is 0.231 e. The van der Waals surface area contributed by atoms with Crippen molar-refractivity contribution >= 4 is 11.9 Å². The van der Waals surface area contributed by atoms with Crippen LogP contribution >= 0.6 is 0 Å². The minimum atomic E-state index is -0.0824. The Labute approximate surface area is 149 Å². The van der Waals surface area contributed by atoms with Gasteiger partial charge in [0.2, 0.25) is 5.78 Å². The summed E-state index contributed by atoms with van der Waals surface area (Å²) in [6.45, 7) is 11.0. The predicted molar refractivity (Wildman–Crippen MR) is 100 cm³/mol. The second kappa shape index (κ2) is 6.40. The van der Waals surface area contributed by atoms with Crippen LogP contribution < -0.4 is 9.47 Å². The first-order chi connectivity index (χ1) is 11.8. The number of rotatable bonds is 3. The lowest BCUT2D eigenvalue weighted by Gasteiger charge is -2.18. The van der Waals surface area contributed by atoms with Crippen molar-refractivity contribution in [3.05, 3.63) is 64.4 Å². The fraction of sp³-hybridized carbons (Fsp3) is 0.318. The summed E-state index contributed by atoms with van der Waals surface area (Å²) in [6.07, 6.45) is 1.80. The minimum Gasteiger partial charge on any atom is -0.493 e. The topological polar surface area (TPSA) is 35.5 Å². The lowest BCUT2D eigenvalue weighted by Crippen LogP contribution is -2.10. The highest BCUT2D eigenvalue weighted by Gasteiger charge is 2.30. The molecular formula is C22H24O3. The zero-order valence-corrected chi connectivity index (χ0v) is 15.5. The highest BCUT2D eigenvalue weighted by atomic mass is 16.5. The third kappa shape index (κ3) is 3.32. The molecule has 0 bridgehead atoms. The molecule has 0 atom stereocenters. The molecule has 3 nitrogen and oxygen atoms in total. The van der Waals surface area contributed by atoms with E-state index in [1.165, 1.54) is 5.56 Å². The molecule has 1 aliphatic heterocycles. The third-order valence-corrected chi connectivity index (χ3v) is 4.41. The van der Waals surface area contributed by atoms with Gasteiger partial charge in [0.1, 0.15) is 11.5 Å². The van der Waals surface area contributed by atoms with E-state index in [1.54, 1.807) is 12.1 Å². The van der Waals surface area contributed by atoms with Gasteiger partial charge in [-0.05, 0) is 48.6 Å². The number of fused-ring (bicyclic) bond motifs is 1. The largest absolute Gasteiger partial charge is 0.493 e. The Hall–Kier alpha value is -2.55. The quantitative estimate of drug-likeness (QED) is 0.713. The van der Waals surface area contributed by atoms with Gasteiger partial charge in [0.05, 0.1) is 12.2 Å². The number of benzene rings is 2. The molecule has 0 N–H and O–H groups in total. The van der Waals surface area contributed by atoms with Crippen molar-refractivity contribution in [2.75, 3.05) is 6.61 Å². The maximum atomic E-state index is 12.6. The SMILES string of the molecule is CCOc1ccc2c(c1C)O/C(=C\c1ccc(C(C)(C)C)cc1)C2=O.